The molecule has 0 saturated carbocycles. The van der Waals surface area contributed by atoms with Gasteiger partial charge >= 0.3 is 0 Å². The van der Waals surface area contributed by atoms with Crippen molar-refractivity contribution in [1.29, 1.82) is 0 Å². The number of halogens is 1. The SMILES string of the molecule is CCOc1cc(CNc2ccc(Oc3ccccc3)cc2)cc(I)c1OCc1ccccc1. The fourth-order valence-corrected chi connectivity index (χ4v) is 4.15. The molecule has 4 rings (SSSR count). The molecule has 33 heavy (non-hydrogen) atoms. The lowest BCUT2D eigenvalue weighted by Crippen LogP contribution is -2.05. The van der Waals surface area contributed by atoms with E-state index in [4.69, 9.17) is 14.2 Å². The Morgan fingerprint density at radius 3 is 2.09 bits per heavy atom. The molecule has 0 saturated heterocycles. The van der Waals surface area contributed by atoms with Crippen LogP contribution in [0.3, 0.4) is 0 Å². The summed E-state index contributed by atoms with van der Waals surface area (Å²) in [5, 5.41) is 3.47. The van der Waals surface area contributed by atoms with Crippen LogP contribution in [0.1, 0.15) is 18.1 Å². The number of ether oxygens (including phenoxy) is 3. The number of nitrogens with one attached hydrogen (secondary N) is 1. The van der Waals surface area contributed by atoms with Crippen LogP contribution < -0.4 is 19.5 Å². The molecule has 0 amide bonds. The Morgan fingerprint density at radius 1 is 0.727 bits per heavy atom. The van der Waals surface area contributed by atoms with Gasteiger partial charge in [0.25, 0.3) is 0 Å². The summed E-state index contributed by atoms with van der Waals surface area (Å²) in [5.41, 5.74) is 3.27. The molecule has 0 bridgehead atoms. The smallest absolute Gasteiger partial charge is 0.174 e. The summed E-state index contributed by atoms with van der Waals surface area (Å²) in [6.07, 6.45) is 0. The van der Waals surface area contributed by atoms with Crippen LogP contribution in [0.15, 0.2) is 97.1 Å². The van der Waals surface area contributed by atoms with E-state index in [1.165, 1.54) is 0 Å². The van der Waals surface area contributed by atoms with Gasteiger partial charge in [0.2, 0.25) is 0 Å². The van der Waals surface area contributed by atoms with Gasteiger partial charge in [-0.1, -0.05) is 48.5 Å². The highest BCUT2D eigenvalue weighted by molar-refractivity contribution is 14.1. The molecule has 4 aromatic carbocycles. The summed E-state index contributed by atoms with van der Waals surface area (Å²) >= 11 is 2.31. The minimum absolute atomic E-state index is 0.506. The molecule has 0 spiro atoms. The number of benzene rings is 4. The molecule has 0 heterocycles. The van der Waals surface area contributed by atoms with Crippen molar-refractivity contribution in [2.75, 3.05) is 11.9 Å². The van der Waals surface area contributed by atoms with Crippen molar-refractivity contribution < 1.29 is 14.2 Å². The number of hydrogen-bond donors (Lipinski definition) is 1. The van der Waals surface area contributed by atoms with Crippen LogP contribution in [0.25, 0.3) is 0 Å². The van der Waals surface area contributed by atoms with Crippen LogP contribution in [-0.2, 0) is 13.2 Å². The van der Waals surface area contributed by atoms with Gasteiger partial charge in [0.15, 0.2) is 11.5 Å². The summed E-state index contributed by atoms with van der Waals surface area (Å²) < 4.78 is 18.9. The Hall–Kier alpha value is -3.19. The van der Waals surface area contributed by atoms with Gasteiger partial charge in [-0.25, -0.2) is 0 Å². The van der Waals surface area contributed by atoms with Gasteiger partial charge in [-0.15, -0.1) is 0 Å². The Balaban J connectivity index is 1.40. The second kappa shape index (κ2) is 11.6. The van der Waals surface area contributed by atoms with Crippen LogP contribution in [0, 0.1) is 3.57 Å². The summed E-state index contributed by atoms with van der Waals surface area (Å²) in [4.78, 5) is 0. The first-order valence-electron chi connectivity index (χ1n) is 10.9. The average Bonchev–Trinajstić information content (AvgIpc) is 2.85. The van der Waals surface area contributed by atoms with Crippen LogP contribution in [-0.4, -0.2) is 6.61 Å². The van der Waals surface area contributed by atoms with E-state index in [1.807, 2.05) is 85.8 Å². The normalized spacial score (nSPS) is 10.5. The van der Waals surface area contributed by atoms with Gasteiger partial charge in [-0.05, 0) is 89.2 Å². The molecule has 4 aromatic rings. The van der Waals surface area contributed by atoms with E-state index in [-0.39, 0.29) is 0 Å². The van der Waals surface area contributed by atoms with E-state index in [0.29, 0.717) is 19.8 Å². The molecule has 5 heteroatoms. The summed E-state index contributed by atoms with van der Waals surface area (Å²) in [7, 11) is 0. The maximum atomic E-state index is 6.12. The first-order valence-corrected chi connectivity index (χ1v) is 12.0. The Morgan fingerprint density at radius 2 is 1.39 bits per heavy atom. The van der Waals surface area contributed by atoms with Crippen molar-refractivity contribution in [3.8, 4) is 23.0 Å². The molecule has 0 radical (unpaired) electrons. The van der Waals surface area contributed by atoms with Crippen molar-refractivity contribution in [1.82, 2.24) is 0 Å². The molecule has 0 atom stereocenters. The predicted molar refractivity (Wildman–Crippen MR) is 141 cm³/mol. The van der Waals surface area contributed by atoms with E-state index in [1.54, 1.807) is 0 Å². The lowest BCUT2D eigenvalue weighted by Gasteiger charge is -2.16. The maximum Gasteiger partial charge on any atom is 0.174 e. The van der Waals surface area contributed by atoms with Crippen LogP contribution >= 0.6 is 22.6 Å². The number of hydrogen-bond acceptors (Lipinski definition) is 4. The minimum Gasteiger partial charge on any atom is -0.490 e. The zero-order chi connectivity index (χ0) is 22.9. The molecule has 0 fully saturated rings. The van der Waals surface area contributed by atoms with E-state index in [9.17, 15) is 0 Å². The quantitative estimate of drug-likeness (QED) is 0.205. The van der Waals surface area contributed by atoms with Crippen molar-refractivity contribution in [3.05, 3.63) is 112 Å². The summed E-state index contributed by atoms with van der Waals surface area (Å²) in [6, 6.07) is 32.1. The van der Waals surface area contributed by atoms with Crippen LogP contribution in [0.2, 0.25) is 0 Å². The van der Waals surface area contributed by atoms with Gasteiger partial charge in [-0.2, -0.15) is 0 Å². The van der Waals surface area contributed by atoms with Crippen molar-refractivity contribution in [3.63, 3.8) is 0 Å². The average molecular weight is 551 g/mol. The third-order valence-corrected chi connectivity index (χ3v) is 5.73. The predicted octanol–water partition coefficient (Wildman–Crippen LogP) is 7.67. The van der Waals surface area contributed by atoms with Crippen molar-refractivity contribution in [2.24, 2.45) is 0 Å². The third-order valence-electron chi connectivity index (χ3n) is 4.93. The highest BCUT2D eigenvalue weighted by atomic mass is 127. The molecular weight excluding hydrogens is 525 g/mol. The Bertz CT molecular complexity index is 1150. The summed E-state index contributed by atoms with van der Waals surface area (Å²) in [5.74, 6) is 3.18. The zero-order valence-corrected chi connectivity index (χ0v) is 20.6. The fraction of sp³-hybridized carbons (Fsp3) is 0.143. The molecule has 0 aliphatic rings. The van der Waals surface area contributed by atoms with E-state index < -0.39 is 0 Å². The fourth-order valence-electron chi connectivity index (χ4n) is 3.33. The lowest BCUT2D eigenvalue weighted by atomic mass is 10.2. The van der Waals surface area contributed by atoms with Gasteiger partial charge < -0.3 is 19.5 Å². The monoisotopic (exact) mass is 551 g/mol. The van der Waals surface area contributed by atoms with Crippen LogP contribution in [0.5, 0.6) is 23.0 Å². The molecule has 168 valence electrons. The van der Waals surface area contributed by atoms with Gasteiger partial charge in [-0.3, -0.25) is 0 Å². The van der Waals surface area contributed by atoms with Crippen LogP contribution in [0.4, 0.5) is 5.69 Å². The zero-order valence-electron chi connectivity index (χ0n) is 18.5. The first-order chi connectivity index (χ1) is 16.2. The van der Waals surface area contributed by atoms with E-state index in [2.05, 4.69) is 46.1 Å². The first kappa shape index (κ1) is 23.0. The molecule has 0 aliphatic heterocycles. The van der Waals surface area contributed by atoms with Gasteiger partial charge in [0.05, 0.1) is 10.2 Å². The Labute approximate surface area is 208 Å². The Kier molecular flexibility index (Phi) is 8.09. The number of rotatable bonds is 10. The van der Waals surface area contributed by atoms with Gasteiger partial charge in [0, 0.05) is 12.2 Å². The van der Waals surface area contributed by atoms with Crippen molar-refractivity contribution in [2.45, 2.75) is 20.1 Å². The third kappa shape index (κ3) is 6.65. The minimum atomic E-state index is 0.506. The molecule has 0 unspecified atom stereocenters. The highest BCUT2D eigenvalue weighted by Gasteiger charge is 2.13. The topological polar surface area (TPSA) is 39.7 Å². The highest BCUT2D eigenvalue weighted by Crippen LogP contribution is 2.35. The number of para-hydroxylation sites is 1. The molecule has 0 aliphatic carbocycles. The largest absolute Gasteiger partial charge is 0.490 e. The van der Waals surface area contributed by atoms with Crippen molar-refractivity contribution >= 4 is 28.3 Å². The standard InChI is InChI=1S/C28H26INO3/c1-2-31-27-18-22(17-26(29)28(27)32-20-21-9-5-3-6-10-21)19-30-23-13-15-25(16-14-23)33-24-11-7-4-8-12-24/h3-18,30H,2,19-20H2,1H3. The molecule has 4 nitrogen and oxygen atoms in total. The van der Waals surface area contributed by atoms with E-state index >= 15 is 0 Å². The molecular formula is C28H26INO3. The second-order valence-electron chi connectivity index (χ2n) is 7.41. The molecule has 1 N–H and O–H groups in total. The van der Waals surface area contributed by atoms with E-state index in [0.717, 1.165) is 43.4 Å². The number of anilines is 1. The molecule has 0 aromatic heterocycles. The second-order valence-corrected chi connectivity index (χ2v) is 8.57. The lowest BCUT2D eigenvalue weighted by molar-refractivity contribution is 0.267. The maximum absolute atomic E-state index is 6.12. The van der Waals surface area contributed by atoms with Gasteiger partial charge in [0.1, 0.15) is 18.1 Å². The summed E-state index contributed by atoms with van der Waals surface area (Å²) in [6.45, 7) is 3.75.